The Morgan fingerprint density at radius 1 is 1.48 bits per heavy atom. The summed E-state index contributed by atoms with van der Waals surface area (Å²) in [5.74, 6) is 0.621. The number of aromatic nitrogens is 2. The third kappa shape index (κ3) is 5.58. The largest absolute Gasteiger partial charge is 0.383 e. The van der Waals surface area contributed by atoms with E-state index < -0.39 is 0 Å². The molecule has 2 atom stereocenters. The van der Waals surface area contributed by atoms with E-state index in [0.717, 1.165) is 12.2 Å². The van der Waals surface area contributed by atoms with E-state index in [1.165, 1.54) is 13.0 Å². The van der Waals surface area contributed by atoms with Crippen LogP contribution < -0.4 is 16.0 Å². The number of nitroso groups, excluding NO2 is 1. The summed E-state index contributed by atoms with van der Waals surface area (Å²) in [6, 6.07) is 4.72. The first-order valence-electron chi connectivity index (χ1n) is 8.78. The van der Waals surface area contributed by atoms with Crippen LogP contribution in [0.5, 0.6) is 0 Å². The standard InChI is InChI=1S/C16H21FN6O.C2H4O/c1-18-8-13(22-24)9-20-12-2-3-14(15(17)6-12)11-7-21-16-19-4-5-23(16)10-11;1-2-3/h2-6,11,13,18,20H,7-10H2,1H3,(H,19,21);2H,1H3. The maximum atomic E-state index is 14.5. The molecule has 2 unspecified atom stereocenters. The second kappa shape index (κ2) is 10.4. The molecule has 1 aliphatic heterocycles. The van der Waals surface area contributed by atoms with Crippen molar-refractivity contribution >= 4 is 17.9 Å². The molecule has 0 amide bonds. The number of aldehydes is 1. The molecule has 146 valence electrons. The minimum absolute atomic E-state index is 0.0504. The van der Waals surface area contributed by atoms with Gasteiger partial charge in [0.15, 0.2) is 0 Å². The Hall–Kier alpha value is -2.81. The quantitative estimate of drug-likeness (QED) is 0.506. The number of imidazole rings is 1. The van der Waals surface area contributed by atoms with E-state index in [9.17, 15) is 9.30 Å². The number of rotatable bonds is 7. The third-order valence-corrected chi connectivity index (χ3v) is 4.21. The van der Waals surface area contributed by atoms with Crippen molar-refractivity contribution in [2.75, 3.05) is 37.3 Å². The summed E-state index contributed by atoms with van der Waals surface area (Å²) >= 11 is 0. The summed E-state index contributed by atoms with van der Waals surface area (Å²) in [6.07, 6.45) is 4.37. The number of benzene rings is 1. The highest BCUT2D eigenvalue weighted by Crippen LogP contribution is 2.28. The molecule has 0 fully saturated rings. The van der Waals surface area contributed by atoms with Gasteiger partial charge in [-0.05, 0) is 31.7 Å². The lowest BCUT2D eigenvalue weighted by molar-refractivity contribution is -0.106. The molecule has 1 aromatic carbocycles. The van der Waals surface area contributed by atoms with Gasteiger partial charge in [-0.2, -0.15) is 4.91 Å². The van der Waals surface area contributed by atoms with Gasteiger partial charge in [0.1, 0.15) is 18.1 Å². The van der Waals surface area contributed by atoms with Gasteiger partial charge >= 0.3 is 0 Å². The predicted molar refractivity (Wildman–Crippen MR) is 104 cm³/mol. The van der Waals surface area contributed by atoms with Crippen LogP contribution in [0, 0.1) is 10.7 Å². The first-order chi connectivity index (χ1) is 13.1. The van der Waals surface area contributed by atoms with Crippen molar-refractivity contribution in [1.29, 1.82) is 0 Å². The summed E-state index contributed by atoms with van der Waals surface area (Å²) in [5.41, 5.74) is 1.32. The fraction of sp³-hybridized carbons (Fsp3) is 0.444. The Kier molecular flexibility index (Phi) is 7.87. The Morgan fingerprint density at radius 2 is 2.26 bits per heavy atom. The van der Waals surface area contributed by atoms with Crippen molar-refractivity contribution in [2.24, 2.45) is 5.18 Å². The number of hydrogen-bond donors (Lipinski definition) is 3. The zero-order valence-electron chi connectivity index (χ0n) is 15.5. The third-order valence-electron chi connectivity index (χ3n) is 4.21. The molecular weight excluding hydrogens is 351 g/mol. The molecule has 0 spiro atoms. The lowest BCUT2D eigenvalue weighted by Gasteiger charge is -2.26. The first kappa shape index (κ1) is 20.5. The number of hydrogen-bond acceptors (Lipinski definition) is 7. The molecule has 0 radical (unpaired) electrons. The monoisotopic (exact) mass is 376 g/mol. The molecule has 9 heteroatoms. The Labute approximate surface area is 157 Å². The van der Waals surface area contributed by atoms with Crippen molar-refractivity contribution in [3.05, 3.63) is 46.9 Å². The lowest BCUT2D eigenvalue weighted by atomic mass is 9.97. The van der Waals surface area contributed by atoms with Crippen LogP contribution in [0.15, 0.2) is 35.8 Å². The van der Waals surface area contributed by atoms with Crippen molar-refractivity contribution in [2.45, 2.75) is 25.4 Å². The van der Waals surface area contributed by atoms with E-state index in [-0.39, 0.29) is 17.8 Å². The lowest BCUT2D eigenvalue weighted by Crippen LogP contribution is -2.28. The fourth-order valence-electron chi connectivity index (χ4n) is 2.93. The van der Waals surface area contributed by atoms with Gasteiger partial charge in [-0.3, -0.25) is 0 Å². The van der Waals surface area contributed by atoms with Crippen LogP contribution in [0.2, 0.25) is 0 Å². The SMILES string of the molecule is CC=O.CNCC(CNc1ccc(C2CNc3nccn3C2)c(F)c1)N=O. The molecule has 0 bridgehead atoms. The molecule has 8 nitrogen and oxygen atoms in total. The molecule has 0 saturated carbocycles. The van der Waals surface area contributed by atoms with Crippen LogP contribution >= 0.6 is 0 Å². The average molecular weight is 376 g/mol. The van der Waals surface area contributed by atoms with Gasteiger partial charge in [0, 0.05) is 50.2 Å². The average Bonchev–Trinajstić information content (AvgIpc) is 3.13. The van der Waals surface area contributed by atoms with Gasteiger partial charge in [0.05, 0.1) is 0 Å². The molecule has 3 N–H and O–H groups in total. The maximum Gasteiger partial charge on any atom is 0.202 e. The van der Waals surface area contributed by atoms with E-state index >= 15 is 0 Å². The summed E-state index contributed by atoms with van der Waals surface area (Å²) in [6.45, 7) is 3.65. The van der Waals surface area contributed by atoms with Gasteiger partial charge in [-0.1, -0.05) is 11.2 Å². The van der Waals surface area contributed by atoms with Crippen LogP contribution in [0.25, 0.3) is 0 Å². The van der Waals surface area contributed by atoms with E-state index in [4.69, 9.17) is 4.79 Å². The number of nitrogens with one attached hydrogen (secondary N) is 3. The minimum atomic E-state index is -0.389. The summed E-state index contributed by atoms with van der Waals surface area (Å²) in [5, 5.41) is 12.2. The van der Waals surface area contributed by atoms with Crippen molar-refractivity contribution in [3.63, 3.8) is 0 Å². The molecule has 1 aliphatic rings. The summed E-state index contributed by atoms with van der Waals surface area (Å²) < 4.78 is 16.5. The van der Waals surface area contributed by atoms with Crippen LogP contribution in [0.4, 0.5) is 16.0 Å². The van der Waals surface area contributed by atoms with Crippen LogP contribution in [0.1, 0.15) is 18.4 Å². The van der Waals surface area contributed by atoms with Gasteiger partial charge in [-0.15, -0.1) is 0 Å². The smallest absolute Gasteiger partial charge is 0.202 e. The van der Waals surface area contributed by atoms with Gasteiger partial charge < -0.3 is 25.3 Å². The number of fused-ring (bicyclic) bond motifs is 1. The highest BCUT2D eigenvalue weighted by molar-refractivity contribution is 5.47. The highest BCUT2D eigenvalue weighted by Gasteiger charge is 2.22. The zero-order valence-corrected chi connectivity index (χ0v) is 15.5. The molecule has 3 rings (SSSR count). The van der Waals surface area contributed by atoms with Crippen LogP contribution in [-0.4, -0.2) is 48.6 Å². The maximum absolute atomic E-state index is 14.5. The number of nitrogens with zero attached hydrogens (tertiary/aromatic N) is 3. The first-order valence-corrected chi connectivity index (χ1v) is 8.78. The number of likely N-dealkylation sites (N-methyl/N-ethyl adjacent to an activating group) is 1. The topological polar surface area (TPSA) is 100 Å². The van der Waals surface area contributed by atoms with Crippen LogP contribution in [-0.2, 0) is 11.3 Å². The minimum Gasteiger partial charge on any atom is -0.383 e. The van der Waals surface area contributed by atoms with E-state index in [1.54, 1.807) is 19.3 Å². The number of halogens is 1. The van der Waals surface area contributed by atoms with Crippen LogP contribution in [0.3, 0.4) is 0 Å². The summed E-state index contributed by atoms with van der Waals surface area (Å²) in [7, 11) is 1.76. The van der Waals surface area contributed by atoms with E-state index in [2.05, 4.69) is 26.1 Å². The van der Waals surface area contributed by atoms with Gasteiger partial charge in [-0.25, -0.2) is 9.37 Å². The Balaban J connectivity index is 0.000000817. The number of carbonyl (C=O) groups is 1. The van der Waals surface area contributed by atoms with E-state index in [0.29, 0.717) is 37.4 Å². The molecular formula is C18H25FN6O2. The molecule has 1 aromatic heterocycles. The molecule has 0 aliphatic carbocycles. The zero-order chi connectivity index (χ0) is 19.6. The van der Waals surface area contributed by atoms with Crippen molar-refractivity contribution < 1.29 is 9.18 Å². The normalized spacial score (nSPS) is 16.2. The van der Waals surface area contributed by atoms with Gasteiger partial charge in [0.25, 0.3) is 0 Å². The fourth-order valence-corrected chi connectivity index (χ4v) is 2.93. The second-order valence-corrected chi connectivity index (χ2v) is 6.15. The molecule has 2 heterocycles. The molecule has 27 heavy (non-hydrogen) atoms. The Morgan fingerprint density at radius 3 is 2.93 bits per heavy atom. The number of carbonyl (C=O) groups excluding carboxylic acids is 1. The number of anilines is 2. The molecule has 2 aromatic rings. The second-order valence-electron chi connectivity index (χ2n) is 6.15. The van der Waals surface area contributed by atoms with Gasteiger partial charge in [0.2, 0.25) is 5.95 Å². The van der Waals surface area contributed by atoms with Crippen molar-refractivity contribution in [1.82, 2.24) is 14.9 Å². The highest BCUT2D eigenvalue weighted by atomic mass is 19.1. The van der Waals surface area contributed by atoms with E-state index in [1.807, 2.05) is 16.8 Å². The predicted octanol–water partition coefficient (Wildman–Crippen LogP) is 2.20. The molecule has 0 saturated heterocycles. The van der Waals surface area contributed by atoms with Crippen molar-refractivity contribution in [3.8, 4) is 0 Å². The Bertz CT molecular complexity index is 751. The summed E-state index contributed by atoms with van der Waals surface area (Å²) in [4.78, 5) is 23.7.